The molecule has 2 rings (SSSR count). The number of halogens is 2. The number of amides is 3. The highest BCUT2D eigenvalue weighted by Gasteiger charge is 2.12. The number of rotatable bonds is 6. The van der Waals surface area contributed by atoms with Crippen LogP contribution in [0.5, 0.6) is 0 Å². The molecule has 0 unspecified atom stereocenters. The molecule has 0 aliphatic rings. The van der Waals surface area contributed by atoms with Crippen LogP contribution in [0.3, 0.4) is 0 Å². The minimum absolute atomic E-state index is 0.0500. The number of thioether (sulfide) groups is 1. The highest BCUT2D eigenvalue weighted by Crippen LogP contribution is 2.13. The van der Waals surface area contributed by atoms with Crippen LogP contribution >= 0.6 is 23.4 Å². The number of hydrogen-bond acceptors (Lipinski definition) is 4. The summed E-state index contributed by atoms with van der Waals surface area (Å²) in [5.74, 6) is -2.24. The number of anilines is 1. The number of hydrogen-bond donors (Lipinski definition) is 3. The van der Waals surface area contributed by atoms with Crippen molar-refractivity contribution in [2.24, 2.45) is 0 Å². The van der Waals surface area contributed by atoms with Gasteiger partial charge in [-0.15, -0.1) is 11.8 Å². The van der Waals surface area contributed by atoms with E-state index in [1.54, 1.807) is 24.3 Å². The number of nitrogens with one attached hydrogen (secondary N) is 3. The van der Waals surface area contributed by atoms with Crippen LogP contribution in [0.25, 0.3) is 0 Å². The molecule has 3 amide bonds. The molecular weight excluding hydrogens is 381 g/mol. The third-order valence-corrected chi connectivity index (χ3v) is 4.21. The van der Waals surface area contributed by atoms with Crippen LogP contribution in [0.2, 0.25) is 5.02 Å². The van der Waals surface area contributed by atoms with Crippen LogP contribution in [-0.2, 0) is 9.59 Å². The molecule has 2 aromatic rings. The predicted molar refractivity (Wildman–Crippen MR) is 99.4 cm³/mol. The molecule has 0 saturated heterocycles. The second-order valence-electron chi connectivity index (χ2n) is 5.03. The van der Waals surface area contributed by atoms with Crippen molar-refractivity contribution in [3.63, 3.8) is 0 Å². The Kier molecular flexibility index (Phi) is 7.43. The van der Waals surface area contributed by atoms with Gasteiger partial charge < -0.3 is 5.32 Å². The zero-order valence-electron chi connectivity index (χ0n) is 13.4. The minimum Gasteiger partial charge on any atom is -0.325 e. The van der Waals surface area contributed by atoms with Crippen molar-refractivity contribution in [1.29, 1.82) is 0 Å². The maximum absolute atomic E-state index is 13.4. The molecule has 0 fully saturated rings. The molecule has 0 saturated carbocycles. The van der Waals surface area contributed by atoms with Gasteiger partial charge in [-0.2, -0.15) is 0 Å². The van der Waals surface area contributed by atoms with Crippen molar-refractivity contribution in [3.8, 4) is 0 Å². The van der Waals surface area contributed by atoms with Crippen molar-refractivity contribution in [3.05, 3.63) is 64.9 Å². The lowest BCUT2D eigenvalue weighted by atomic mass is 10.2. The first-order valence-corrected chi connectivity index (χ1v) is 8.96. The molecule has 0 aliphatic heterocycles. The van der Waals surface area contributed by atoms with Gasteiger partial charge in [0.2, 0.25) is 11.8 Å². The Hall–Kier alpha value is -2.58. The van der Waals surface area contributed by atoms with Crippen LogP contribution in [0.15, 0.2) is 48.5 Å². The molecule has 0 atom stereocenters. The Bertz CT molecular complexity index is 802. The monoisotopic (exact) mass is 395 g/mol. The van der Waals surface area contributed by atoms with E-state index in [-0.39, 0.29) is 23.0 Å². The van der Waals surface area contributed by atoms with E-state index in [1.165, 1.54) is 18.2 Å². The zero-order chi connectivity index (χ0) is 18.9. The fourth-order valence-electron chi connectivity index (χ4n) is 1.84. The van der Waals surface area contributed by atoms with Gasteiger partial charge in [0.15, 0.2) is 0 Å². The Morgan fingerprint density at radius 3 is 2.27 bits per heavy atom. The maximum atomic E-state index is 13.4. The normalized spacial score (nSPS) is 10.1. The van der Waals surface area contributed by atoms with Crippen LogP contribution in [0.4, 0.5) is 10.1 Å². The van der Waals surface area contributed by atoms with E-state index in [1.807, 2.05) is 0 Å². The van der Waals surface area contributed by atoms with Crippen molar-refractivity contribution in [2.45, 2.75) is 0 Å². The van der Waals surface area contributed by atoms with Gasteiger partial charge in [-0.05, 0) is 36.4 Å². The molecule has 9 heteroatoms. The molecule has 0 spiro atoms. The lowest BCUT2D eigenvalue weighted by Crippen LogP contribution is -2.42. The zero-order valence-corrected chi connectivity index (χ0v) is 15.0. The Morgan fingerprint density at radius 1 is 0.923 bits per heavy atom. The van der Waals surface area contributed by atoms with Crippen molar-refractivity contribution >= 4 is 46.8 Å². The van der Waals surface area contributed by atoms with E-state index in [4.69, 9.17) is 11.6 Å². The summed E-state index contributed by atoms with van der Waals surface area (Å²) in [5.41, 5.74) is 4.70. The van der Waals surface area contributed by atoms with Gasteiger partial charge in [-0.25, -0.2) is 4.39 Å². The Balaban J connectivity index is 1.67. The largest absolute Gasteiger partial charge is 0.325 e. The Labute approximate surface area is 158 Å². The molecule has 0 heterocycles. The first kappa shape index (κ1) is 19.7. The highest BCUT2D eigenvalue weighted by molar-refractivity contribution is 8.00. The lowest BCUT2D eigenvalue weighted by Gasteiger charge is -2.08. The molecular formula is C17H15ClFN3O3S. The fraction of sp³-hybridized carbons (Fsp3) is 0.118. The van der Waals surface area contributed by atoms with Crippen molar-refractivity contribution in [2.75, 3.05) is 16.8 Å². The quantitative estimate of drug-likeness (QED) is 0.656. The summed E-state index contributed by atoms with van der Waals surface area (Å²) >= 11 is 6.82. The second kappa shape index (κ2) is 9.79. The van der Waals surface area contributed by atoms with E-state index in [2.05, 4.69) is 16.2 Å². The predicted octanol–water partition coefficient (Wildman–Crippen LogP) is 2.61. The highest BCUT2D eigenvalue weighted by atomic mass is 35.5. The summed E-state index contributed by atoms with van der Waals surface area (Å²) in [7, 11) is 0. The molecule has 0 radical (unpaired) electrons. The van der Waals surface area contributed by atoms with Gasteiger partial charge in [-0.3, -0.25) is 25.2 Å². The van der Waals surface area contributed by atoms with Crippen LogP contribution in [0.1, 0.15) is 10.4 Å². The molecule has 2 aromatic carbocycles. The number of hydrazine groups is 1. The number of carbonyl (C=O) groups is 3. The second-order valence-corrected chi connectivity index (χ2v) is 6.45. The number of benzene rings is 2. The lowest BCUT2D eigenvalue weighted by molar-refractivity contribution is -0.119. The first-order valence-electron chi connectivity index (χ1n) is 7.42. The van der Waals surface area contributed by atoms with Gasteiger partial charge in [-0.1, -0.05) is 23.7 Å². The van der Waals surface area contributed by atoms with Gasteiger partial charge in [0.25, 0.3) is 5.91 Å². The van der Waals surface area contributed by atoms with Gasteiger partial charge >= 0.3 is 0 Å². The van der Waals surface area contributed by atoms with Gasteiger partial charge in [0.05, 0.1) is 17.1 Å². The summed E-state index contributed by atoms with van der Waals surface area (Å²) in [6, 6.07) is 12.0. The standard InChI is InChI=1S/C17H15ClFN3O3S/c18-11-5-7-12(8-6-11)20-15(23)9-26-10-16(24)21-22-17(25)13-3-1-2-4-14(13)19/h1-8H,9-10H2,(H,20,23)(H,21,24)(H,22,25). The molecule has 136 valence electrons. The first-order chi connectivity index (χ1) is 12.5. The van der Waals surface area contributed by atoms with E-state index in [0.717, 1.165) is 17.8 Å². The third-order valence-electron chi connectivity index (χ3n) is 3.03. The summed E-state index contributed by atoms with van der Waals surface area (Å²) in [5, 5.41) is 3.22. The minimum atomic E-state index is -0.762. The van der Waals surface area contributed by atoms with Crippen LogP contribution in [0, 0.1) is 5.82 Å². The average molecular weight is 396 g/mol. The van der Waals surface area contributed by atoms with E-state index < -0.39 is 17.6 Å². The average Bonchev–Trinajstić information content (AvgIpc) is 2.62. The molecule has 3 N–H and O–H groups in total. The SMILES string of the molecule is O=C(CSCC(=O)Nc1ccc(Cl)cc1)NNC(=O)c1ccccc1F. The third kappa shape index (κ3) is 6.38. The van der Waals surface area contributed by atoms with Crippen molar-refractivity contribution < 1.29 is 18.8 Å². The molecule has 26 heavy (non-hydrogen) atoms. The molecule has 6 nitrogen and oxygen atoms in total. The molecule has 0 bridgehead atoms. The summed E-state index contributed by atoms with van der Waals surface area (Å²) in [4.78, 5) is 35.1. The van der Waals surface area contributed by atoms with Crippen LogP contribution in [-0.4, -0.2) is 29.2 Å². The fourth-order valence-corrected chi connectivity index (χ4v) is 2.59. The topological polar surface area (TPSA) is 87.3 Å². The molecule has 0 aliphatic carbocycles. The summed E-state index contributed by atoms with van der Waals surface area (Å²) in [6.07, 6.45) is 0. The summed E-state index contributed by atoms with van der Waals surface area (Å²) < 4.78 is 13.4. The van der Waals surface area contributed by atoms with Crippen LogP contribution < -0.4 is 16.2 Å². The molecule has 0 aromatic heterocycles. The number of carbonyl (C=O) groups excluding carboxylic acids is 3. The van der Waals surface area contributed by atoms with E-state index in [0.29, 0.717) is 10.7 Å². The Morgan fingerprint density at radius 2 is 1.58 bits per heavy atom. The van der Waals surface area contributed by atoms with Crippen molar-refractivity contribution in [1.82, 2.24) is 10.9 Å². The van der Waals surface area contributed by atoms with E-state index >= 15 is 0 Å². The maximum Gasteiger partial charge on any atom is 0.272 e. The smallest absolute Gasteiger partial charge is 0.272 e. The van der Waals surface area contributed by atoms with E-state index in [9.17, 15) is 18.8 Å². The van der Waals surface area contributed by atoms with Gasteiger partial charge in [0.1, 0.15) is 5.82 Å². The summed E-state index contributed by atoms with van der Waals surface area (Å²) in [6.45, 7) is 0. The van der Waals surface area contributed by atoms with Gasteiger partial charge in [0, 0.05) is 10.7 Å².